The van der Waals surface area contributed by atoms with E-state index in [1.807, 2.05) is 24.3 Å². The summed E-state index contributed by atoms with van der Waals surface area (Å²) < 4.78 is 0. The van der Waals surface area contributed by atoms with Crippen molar-refractivity contribution in [3.63, 3.8) is 0 Å². The Morgan fingerprint density at radius 2 is 0.618 bits per heavy atom. The van der Waals surface area contributed by atoms with Gasteiger partial charge in [-0.05, 0) is 66.8 Å². The molecule has 8 aromatic carbocycles. The number of nitrogens with zero attached hydrogens (tertiary/aromatic N) is 3. The van der Waals surface area contributed by atoms with Gasteiger partial charge in [-0.1, -0.05) is 200 Å². The van der Waals surface area contributed by atoms with Crippen LogP contribution >= 0.6 is 0 Å². The van der Waals surface area contributed by atoms with Crippen LogP contribution in [0.4, 0.5) is 0 Å². The molecule has 55 heavy (non-hydrogen) atoms. The van der Waals surface area contributed by atoms with Crippen molar-refractivity contribution < 1.29 is 0 Å². The molecule has 0 saturated carbocycles. The number of rotatable bonds is 4. The van der Waals surface area contributed by atoms with Gasteiger partial charge in [0.15, 0.2) is 17.5 Å². The third kappa shape index (κ3) is 4.66. The number of hydrogen-bond acceptors (Lipinski definition) is 3. The highest BCUT2D eigenvalue weighted by Gasteiger charge is 2.50. The molecule has 0 atom stereocenters. The van der Waals surface area contributed by atoms with Crippen LogP contribution in [-0.2, 0) is 5.41 Å². The van der Waals surface area contributed by atoms with Gasteiger partial charge in [-0.2, -0.15) is 0 Å². The van der Waals surface area contributed by atoms with Crippen molar-refractivity contribution in [3.8, 4) is 78.7 Å². The Kier molecular flexibility index (Phi) is 7.08. The van der Waals surface area contributed by atoms with Gasteiger partial charge < -0.3 is 0 Å². The van der Waals surface area contributed by atoms with E-state index in [9.17, 15) is 0 Å². The molecule has 0 bridgehead atoms. The predicted octanol–water partition coefficient (Wildman–Crippen LogP) is 12.6. The van der Waals surface area contributed by atoms with Crippen molar-refractivity contribution in [2.24, 2.45) is 0 Å². The number of hydrogen-bond donors (Lipinski definition) is 0. The summed E-state index contributed by atoms with van der Waals surface area (Å²) in [5.41, 5.74) is 16.8. The summed E-state index contributed by atoms with van der Waals surface area (Å²) in [4.78, 5) is 15.9. The molecule has 2 aliphatic rings. The Morgan fingerprint density at radius 1 is 0.236 bits per heavy atom. The second-order valence-corrected chi connectivity index (χ2v) is 14.2. The average molecular weight is 700 g/mol. The molecule has 0 amide bonds. The maximum Gasteiger partial charge on any atom is 0.164 e. The first-order valence-electron chi connectivity index (χ1n) is 18.8. The first-order valence-corrected chi connectivity index (χ1v) is 18.8. The second kappa shape index (κ2) is 12.4. The van der Waals surface area contributed by atoms with Crippen LogP contribution in [0.3, 0.4) is 0 Å². The molecule has 1 aromatic heterocycles. The minimum absolute atomic E-state index is 0.591. The van der Waals surface area contributed by atoms with E-state index >= 15 is 0 Å². The van der Waals surface area contributed by atoms with E-state index in [4.69, 9.17) is 15.0 Å². The molecule has 9 aromatic rings. The fraction of sp³-hybridized carbons (Fsp3) is 0.0192. The van der Waals surface area contributed by atoms with Crippen LogP contribution in [0.1, 0.15) is 22.3 Å². The van der Waals surface area contributed by atoms with E-state index in [0.29, 0.717) is 17.5 Å². The standard InChI is InChI=1S/C52H33N3/c1-3-18-34(19-4-1)36-22-7-10-27-41(36)50-53-49(35-20-5-2-6-21-35)54-51(55-50)43-29-17-33-47-48(43)42-28-13-16-32-46(42)52(47)44-30-14-11-25-39(44)37-23-8-9-24-38(37)40-26-12-15-31-45(40)52/h1-33H. The van der Waals surface area contributed by atoms with Crippen LogP contribution in [-0.4, -0.2) is 15.0 Å². The van der Waals surface area contributed by atoms with Gasteiger partial charge in [0, 0.05) is 16.7 Å². The normalized spacial score (nSPS) is 12.9. The Hall–Kier alpha value is -7.23. The van der Waals surface area contributed by atoms with Crippen LogP contribution in [0.5, 0.6) is 0 Å². The van der Waals surface area contributed by atoms with Gasteiger partial charge in [0.2, 0.25) is 0 Å². The molecule has 0 saturated heterocycles. The van der Waals surface area contributed by atoms with Gasteiger partial charge in [-0.15, -0.1) is 0 Å². The zero-order chi connectivity index (χ0) is 36.3. The SMILES string of the molecule is c1ccc(-c2nc(-c3ccccc3-c3ccccc3)nc(-c3cccc4c3-c3ccccc3C43c4ccccc4-c4ccccc4-c4ccccc43)n2)cc1. The van der Waals surface area contributed by atoms with Crippen molar-refractivity contribution in [1.82, 2.24) is 15.0 Å². The fourth-order valence-electron chi connectivity index (χ4n) is 9.16. The number of benzene rings is 8. The van der Waals surface area contributed by atoms with Gasteiger partial charge in [-0.25, -0.2) is 15.0 Å². The highest BCUT2D eigenvalue weighted by atomic mass is 15.0. The molecule has 256 valence electrons. The Morgan fingerprint density at radius 3 is 1.22 bits per heavy atom. The molecular formula is C52H33N3. The summed E-state index contributed by atoms with van der Waals surface area (Å²) in [6.07, 6.45) is 0. The van der Waals surface area contributed by atoms with Crippen molar-refractivity contribution in [2.75, 3.05) is 0 Å². The van der Waals surface area contributed by atoms with Crippen LogP contribution in [0.15, 0.2) is 200 Å². The van der Waals surface area contributed by atoms with Gasteiger partial charge >= 0.3 is 0 Å². The molecule has 0 N–H and O–H groups in total. The maximum absolute atomic E-state index is 5.39. The Balaban J connectivity index is 1.23. The van der Waals surface area contributed by atoms with Crippen molar-refractivity contribution in [2.45, 2.75) is 5.41 Å². The second-order valence-electron chi connectivity index (χ2n) is 14.2. The highest BCUT2D eigenvalue weighted by Crippen LogP contribution is 2.62. The number of fused-ring (bicyclic) bond motifs is 12. The van der Waals surface area contributed by atoms with Crippen LogP contribution in [0, 0.1) is 0 Å². The summed E-state index contributed by atoms with van der Waals surface area (Å²) in [7, 11) is 0. The largest absolute Gasteiger partial charge is 0.208 e. The third-order valence-corrected chi connectivity index (χ3v) is 11.4. The Bertz CT molecular complexity index is 2860. The van der Waals surface area contributed by atoms with Crippen LogP contribution in [0.2, 0.25) is 0 Å². The smallest absolute Gasteiger partial charge is 0.164 e. The van der Waals surface area contributed by atoms with E-state index in [-0.39, 0.29) is 0 Å². The first kappa shape index (κ1) is 31.3. The lowest BCUT2D eigenvalue weighted by molar-refractivity contribution is 0.775. The highest BCUT2D eigenvalue weighted by molar-refractivity contribution is 6.00. The van der Waals surface area contributed by atoms with Crippen molar-refractivity contribution in [3.05, 3.63) is 222 Å². The zero-order valence-corrected chi connectivity index (χ0v) is 29.9. The van der Waals surface area contributed by atoms with Crippen molar-refractivity contribution >= 4 is 0 Å². The van der Waals surface area contributed by atoms with Crippen LogP contribution < -0.4 is 0 Å². The molecule has 0 aliphatic heterocycles. The Labute approximate surface area is 320 Å². The third-order valence-electron chi connectivity index (χ3n) is 11.4. The summed E-state index contributed by atoms with van der Waals surface area (Å²) in [6.45, 7) is 0. The molecule has 3 nitrogen and oxygen atoms in total. The minimum atomic E-state index is -0.591. The van der Waals surface area contributed by atoms with Gasteiger partial charge in [-0.3, -0.25) is 0 Å². The van der Waals surface area contributed by atoms with E-state index in [2.05, 4.69) is 176 Å². The lowest BCUT2D eigenvalue weighted by atomic mass is 9.66. The topological polar surface area (TPSA) is 38.7 Å². The molecular weight excluding hydrogens is 667 g/mol. The summed E-state index contributed by atoms with van der Waals surface area (Å²) in [5.74, 6) is 1.93. The van der Waals surface area contributed by atoms with Gasteiger partial charge in [0.05, 0.1) is 5.41 Å². The molecule has 0 fully saturated rings. The molecule has 3 heteroatoms. The average Bonchev–Trinajstić information content (AvgIpc) is 3.52. The van der Waals surface area contributed by atoms with E-state index < -0.39 is 5.41 Å². The van der Waals surface area contributed by atoms with Crippen LogP contribution in [0.25, 0.3) is 78.7 Å². The van der Waals surface area contributed by atoms with E-state index in [1.54, 1.807) is 0 Å². The summed E-state index contributed by atoms with van der Waals surface area (Å²) in [5, 5.41) is 0. The molecule has 1 spiro atoms. The first-order chi connectivity index (χ1) is 27.3. The molecule has 0 radical (unpaired) electrons. The molecule has 11 rings (SSSR count). The predicted molar refractivity (Wildman–Crippen MR) is 223 cm³/mol. The fourth-order valence-corrected chi connectivity index (χ4v) is 9.16. The van der Waals surface area contributed by atoms with Gasteiger partial charge in [0.25, 0.3) is 0 Å². The maximum atomic E-state index is 5.39. The lowest BCUT2D eigenvalue weighted by Crippen LogP contribution is -2.29. The van der Waals surface area contributed by atoms with Crippen molar-refractivity contribution in [1.29, 1.82) is 0 Å². The quantitative estimate of drug-likeness (QED) is 0.184. The van der Waals surface area contributed by atoms with Gasteiger partial charge in [0.1, 0.15) is 0 Å². The monoisotopic (exact) mass is 699 g/mol. The minimum Gasteiger partial charge on any atom is -0.208 e. The lowest BCUT2D eigenvalue weighted by Gasteiger charge is -2.35. The van der Waals surface area contributed by atoms with E-state index in [0.717, 1.165) is 33.4 Å². The molecule has 2 aliphatic carbocycles. The van der Waals surface area contributed by atoms with E-state index in [1.165, 1.54) is 50.1 Å². The number of aromatic nitrogens is 3. The zero-order valence-electron chi connectivity index (χ0n) is 29.9. The summed E-state index contributed by atoms with van der Waals surface area (Å²) in [6, 6.07) is 71.6. The summed E-state index contributed by atoms with van der Waals surface area (Å²) >= 11 is 0. The molecule has 0 unspecified atom stereocenters. The molecule has 1 heterocycles.